The van der Waals surface area contributed by atoms with Crippen molar-refractivity contribution in [1.82, 2.24) is 14.9 Å². The van der Waals surface area contributed by atoms with E-state index >= 15 is 0 Å². The molecule has 0 spiro atoms. The number of thiazole rings is 1. The predicted molar refractivity (Wildman–Crippen MR) is 117 cm³/mol. The number of benzene rings is 1. The van der Waals surface area contributed by atoms with Crippen LogP contribution in [0.4, 0.5) is 5.13 Å². The van der Waals surface area contributed by atoms with Gasteiger partial charge in [-0.25, -0.2) is 4.98 Å². The lowest BCUT2D eigenvalue weighted by atomic mass is 9.91. The van der Waals surface area contributed by atoms with E-state index in [0.29, 0.717) is 12.3 Å². The first-order valence-corrected chi connectivity index (χ1v) is 10.9. The number of para-hydroxylation sites is 1. The van der Waals surface area contributed by atoms with Crippen LogP contribution in [0.3, 0.4) is 0 Å². The van der Waals surface area contributed by atoms with E-state index in [1.165, 1.54) is 10.9 Å². The van der Waals surface area contributed by atoms with Gasteiger partial charge in [-0.2, -0.15) is 0 Å². The highest BCUT2D eigenvalue weighted by molar-refractivity contribution is 7.17. The monoisotopic (exact) mass is 396 g/mol. The Morgan fingerprint density at radius 3 is 2.82 bits per heavy atom. The molecule has 6 heteroatoms. The number of aromatic nitrogens is 2. The minimum absolute atomic E-state index is 0.226. The fourth-order valence-electron chi connectivity index (χ4n) is 3.87. The number of nitrogens with zero attached hydrogens (tertiary/aromatic N) is 3. The lowest BCUT2D eigenvalue weighted by Gasteiger charge is -2.32. The number of Topliss-reactive ketones (excluding diaryl/α,β-unsaturated/α-hetero) is 1. The van der Waals surface area contributed by atoms with Crippen molar-refractivity contribution in [2.24, 2.45) is 5.92 Å². The van der Waals surface area contributed by atoms with Crippen LogP contribution >= 0.6 is 11.3 Å². The molecule has 0 bridgehead atoms. The molecule has 3 aromatic rings. The van der Waals surface area contributed by atoms with Crippen LogP contribution in [0, 0.1) is 5.92 Å². The molecular weight excluding hydrogens is 368 g/mol. The number of rotatable bonds is 7. The summed E-state index contributed by atoms with van der Waals surface area (Å²) in [7, 11) is 2.15. The number of likely N-dealkylation sites (N-methyl/N-ethyl adjacent to an activating group) is 1. The minimum atomic E-state index is 0.226. The maximum absolute atomic E-state index is 12.9. The molecule has 2 aromatic heterocycles. The van der Waals surface area contributed by atoms with Gasteiger partial charge in [0.25, 0.3) is 0 Å². The molecule has 1 aliphatic heterocycles. The Balaban J connectivity index is 1.40. The summed E-state index contributed by atoms with van der Waals surface area (Å²) in [6.07, 6.45) is 6.38. The van der Waals surface area contributed by atoms with E-state index in [-0.39, 0.29) is 5.78 Å². The van der Waals surface area contributed by atoms with Crippen LogP contribution in [0.25, 0.3) is 10.9 Å². The van der Waals surface area contributed by atoms with Gasteiger partial charge in [0.15, 0.2) is 10.9 Å². The van der Waals surface area contributed by atoms with Crippen LogP contribution < -0.4 is 4.90 Å². The SMILES string of the molecule is CCC(CC(=O)c1cnc(N2CCN(C)CC2)s1)Cc1c[nH]c2ccccc12. The van der Waals surface area contributed by atoms with E-state index in [4.69, 9.17) is 0 Å². The van der Waals surface area contributed by atoms with Crippen molar-refractivity contribution in [2.75, 3.05) is 38.1 Å². The second kappa shape index (κ2) is 8.45. The van der Waals surface area contributed by atoms with Crippen molar-refractivity contribution in [3.8, 4) is 0 Å². The quantitative estimate of drug-likeness (QED) is 0.608. The first-order chi connectivity index (χ1) is 13.6. The third kappa shape index (κ3) is 4.13. The second-order valence-corrected chi connectivity index (χ2v) is 8.77. The summed E-state index contributed by atoms with van der Waals surface area (Å²) in [4.78, 5) is 26.2. The second-order valence-electron chi connectivity index (χ2n) is 7.76. The summed E-state index contributed by atoms with van der Waals surface area (Å²) in [5.41, 5.74) is 2.47. The van der Waals surface area contributed by atoms with Gasteiger partial charge in [-0.1, -0.05) is 42.9 Å². The average Bonchev–Trinajstić information content (AvgIpc) is 3.36. The molecule has 3 heterocycles. The molecule has 1 N–H and O–H groups in total. The maximum Gasteiger partial charge on any atom is 0.186 e. The van der Waals surface area contributed by atoms with Gasteiger partial charge in [0, 0.05) is 49.7 Å². The Morgan fingerprint density at radius 1 is 1.25 bits per heavy atom. The Morgan fingerprint density at radius 2 is 2.04 bits per heavy atom. The standard InChI is InChI=1S/C22H28N4OS/c1-3-16(12-17-14-23-19-7-5-4-6-18(17)19)13-20(27)21-15-24-22(28-21)26-10-8-25(2)9-11-26/h4-7,14-16,23H,3,8-13H2,1-2H3. The molecule has 0 amide bonds. The van der Waals surface area contributed by atoms with Gasteiger partial charge in [0.1, 0.15) is 0 Å². The number of hydrogen-bond acceptors (Lipinski definition) is 5. The molecule has 0 saturated carbocycles. The largest absolute Gasteiger partial charge is 0.361 e. The van der Waals surface area contributed by atoms with Crippen molar-refractivity contribution < 1.29 is 4.79 Å². The number of anilines is 1. The number of ketones is 1. The number of nitrogens with one attached hydrogen (secondary N) is 1. The lowest BCUT2D eigenvalue weighted by Crippen LogP contribution is -2.44. The third-order valence-electron chi connectivity index (χ3n) is 5.78. The lowest BCUT2D eigenvalue weighted by molar-refractivity contribution is 0.0963. The number of carbonyl (C=O) groups excluding carboxylic acids is 1. The highest BCUT2D eigenvalue weighted by Gasteiger charge is 2.21. The maximum atomic E-state index is 12.9. The Kier molecular flexibility index (Phi) is 5.78. The Labute approximate surface area is 170 Å². The first kappa shape index (κ1) is 19.2. The Hall–Kier alpha value is -2.18. The van der Waals surface area contributed by atoms with Crippen LogP contribution in [0.2, 0.25) is 0 Å². The van der Waals surface area contributed by atoms with Crippen molar-refractivity contribution in [3.05, 3.63) is 47.1 Å². The van der Waals surface area contributed by atoms with Gasteiger partial charge in [0.05, 0.1) is 11.1 Å². The first-order valence-electron chi connectivity index (χ1n) is 10.1. The summed E-state index contributed by atoms with van der Waals surface area (Å²) >= 11 is 1.55. The van der Waals surface area contributed by atoms with E-state index in [2.05, 4.69) is 58.1 Å². The van der Waals surface area contributed by atoms with Crippen molar-refractivity contribution >= 4 is 33.2 Å². The van der Waals surface area contributed by atoms with Crippen LogP contribution in [0.5, 0.6) is 0 Å². The number of fused-ring (bicyclic) bond motifs is 1. The summed E-state index contributed by atoms with van der Waals surface area (Å²) in [5, 5.41) is 2.25. The van der Waals surface area contributed by atoms with Gasteiger partial charge in [0.2, 0.25) is 0 Å². The highest BCUT2D eigenvalue weighted by Crippen LogP contribution is 2.28. The van der Waals surface area contributed by atoms with E-state index in [1.807, 2.05) is 6.07 Å². The van der Waals surface area contributed by atoms with Gasteiger partial charge < -0.3 is 14.8 Å². The molecule has 1 aliphatic rings. The molecule has 0 aliphatic carbocycles. The summed E-state index contributed by atoms with van der Waals surface area (Å²) < 4.78 is 0. The van der Waals surface area contributed by atoms with Gasteiger partial charge in [-0.15, -0.1) is 0 Å². The van der Waals surface area contributed by atoms with Gasteiger partial charge in [-0.3, -0.25) is 4.79 Å². The average molecular weight is 397 g/mol. The van der Waals surface area contributed by atoms with Crippen molar-refractivity contribution in [2.45, 2.75) is 26.2 Å². The molecule has 4 rings (SSSR count). The van der Waals surface area contributed by atoms with Crippen molar-refractivity contribution in [1.29, 1.82) is 0 Å². The number of hydrogen-bond donors (Lipinski definition) is 1. The molecule has 1 unspecified atom stereocenters. The molecule has 1 saturated heterocycles. The van der Waals surface area contributed by atoms with E-state index in [0.717, 1.165) is 54.5 Å². The zero-order chi connectivity index (χ0) is 19.5. The Bertz CT molecular complexity index is 939. The zero-order valence-electron chi connectivity index (χ0n) is 16.6. The number of aromatic amines is 1. The zero-order valence-corrected chi connectivity index (χ0v) is 17.5. The molecule has 1 aromatic carbocycles. The smallest absolute Gasteiger partial charge is 0.186 e. The molecule has 1 fully saturated rings. The summed E-state index contributed by atoms with van der Waals surface area (Å²) in [6, 6.07) is 8.37. The molecule has 5 nitrogen and oxygen atoms in total. The number of carbonyl (C=O) groups is 1. The predicted octanol–water partition coefficient (Wildman–Crippen LogP) is 4.22. The van der Waals surface area contributed by atoms with Gasteiger partial charge in [-0.05, 0) is 31.0 Å². The van der Waals surface area contributed by atoms with E-state index in [9.17, 15) is 4.79 Å². The molecule has 28 heavy (non-hydrogen) atoms. The van der Waals surface area contributed by atoms with Crippen LogP contribution in [-0.4, -0.2) is 53.9 Å². The highest BCUT2D eigenvalue weighted by atomic mass is 32.1. The van der Waals surface area contributed by atoms with Crippen molar-refractivity contribution in [3.63, 3.8) is 0 Å². The number of H-pyrrole nitrogens is 1. The molecule has 148 valence electrons. The topological polar surface area (TPSA) is 52.2 Å². The van der Waals surface area contributed by atoms with Crippen LogP contribution in [0.1, 0.15) is 35.0 Å². The molecular formula is C22H28N4OS. The normalized spacial score (nSPS) is 16.6. The van der Waals surface area contributed by atoms with Crippen LogP contribution in [-0.2, 0) is 6.42 Å². The van der Waals surface area contributed by atoms with Gasteiger partial charge >= 0.3 is 0 Å². The van der Waals surface area contributed by atoms with Crippen LogP contribution in [0.15, 0.2) is 36.7 Å². The fourth-order valence-corrected chi connectivity index (χ4v) is 4.79. The summed E-state index contributed by atoms with van der Waals surface area (Å²) in [5.74, 6) is 0.575. The molecule has 0 radical (unpaired) electrons. The summed E-state index contributed by atoms with van der Waals surface area (Å²) in [6.45, 7) is 6.23. The third-order valence-corrected chi connectivity index (χ3v) is 6.88. The minimum Gasteiger partial charge on any atom is -0.361 e. The molecule has 1 atom stereocenters. The fraction of sp³-hybridized carbons (Fsp3) is 0.455. The van der Waals surface area contributed by atoms with E-state index < -0.39 is 0 Å². The van der Waals surface area contributed by atoms with E-state index in [1.54, 1.807) is 17.5 Å². The number of piperazine rings is 1.